The van der Waals surface area contributed by atoms with Crippen molar-refractivity contribution >= 4 is 23.7 Å². The Morgan fingerprint density at radius 2 is 1.86 bits per heavy atom. The van der Waals surface area contributed by atoms with Crippen LogP contribution in [0.4, 0.5) is 11.9 Å². The molecule has 3 heterocycles. The molecule has 3 aromatic heterocycles. The fraction of sp³-hybridized carbons (Fsp3) is 0.211. The summed E-state index contributed by atoms with van der Waals surface area (Å²) in [4.78, 5) is 14.6. The molecule has 0 unspecified atom stereocenters. The number of para-hydroxylation sites is 1. The second kappa shape index (κ2) is 7.92. The number of nitrogens with two attached hydrogens (primary N) is 1. The molecule has 0 radical (unpaired) electrons. The Morgan fingerprint density at radius 1 is 1.07 bits per heavy atom. The van der Waals surface area contributed by atoms with E-state index in [2.05, 4.69) is 25.1 Å². The molecule has 0 bridgehead atoms. The van der Waals surface area contributed by atoms with Crippen molar-refractivity contribution in [2.45, 2.75) is 17.8 Å². The van der Waals surface area contributed by atoms with E-state index in [1.165, 1.54) is 11.8 Å². The van der Waals surface area contributed by atoms with Crippen LogP contribution < -0.4 is 10.6 Å². The Kier molecular flexibility index (Phi) is 5.17. The molecule has 0 spiro atoms. The van der Waals surface area contributed by atoms with Crippen LogP contribution in [0.15, 0.2) is 52.2 Å². The van der Waals surface area contributed by atoms with Crippen molar-refractivity contribution in [3.63, 3.8) is 0 Å². The van der Waals surface area contributed by atoms with Crippen molar-refractivity contribution in [1.29, 1.82) is 0 Å². The third-order valence-corrected chi connectivity index (χ3v) is 5.09. The minimum atomic E-state index is 0.193. The first kappa shape index (κ1) is 18.9. The lowest BCUT2D eigenvalue weighted by Gasteiger charge is -2.12. The molecule has 2 N–H and O–H groups in total. The van der Waals surface area contributed by atoms with Gasteiger partial charge in [0.05, 0.1) is 17.6 Å². The van der Waals surface area contributed by atoms with Gasteiger partial charge < -0.3 is 15.1 Å². The number of furan rings is 1. The number of aromatic nitrogens is 6. The van der Waals surface area contributed by atoms with Crippen molar-refractivity contribution in [2.75, 3.05) is 24.7 Å². The molecule has 0 aliphatic rings. The molecule has 1 aromatic carbocycles. The number of nitrogens with zero attached hydrogens (tertiary/aromatic N) is 7. The van der Waals surface area contributed by atoms with E-state index in [9.17, 15) is 0 Å². The second-order valence-electron chi connectivity index (χ2n) is 6.46. The fourth-order valence-electron chi connectivity index (χ4n) is 2.78. The van der Waals surface area contributed by atoms with Gasteiger partial charge in [0.25, 0.3) is 0 Å². The molecule has 0 aliphatic heterocycles. The predicted molar refractivity (Wildman–Crippen MR) is 112 cm³/mol. The normalized spacial score (nSPS) is 11.0. The molecule has 10 heteroatoms. The highest BCUT2D eigenvalue weighted by molar-refractivity contribution is 7.98. The van der Waals surface area contributed by atoms with E-state index in [1.807, 2.05) is 62.0 Å². The van der Waals surface area contributed by atoms with Crippen molar-refractivity contribution in [2.24, 2.45) is 0 Å². The van der Waals surface area contributed by atoms with Crippen LogP contribution in [0.5, 0.6) is 0 Å². The quantitative estimate of drug-likeness (QED) is 0.481. The van der Waals surface area contributed by atoms with E-state index in [0.717, 1.165) is 22.2 Å². The first-order valence-corrected chi connectivity index (χ1v) is 9.87. The molecular formula is C19H20N8OS. The van der Waals surface area contributed by atoms with Gasteiger partial charge in [0, 0.05) is 19.8 Å². The lowest BCUT2D eigenvalue weighted by Crippen LogP contribution is -2.16. The minimum absolute atomic E-state index is 0.193. The summed E-state index contributed by atoms with van der Waals surface area (Å²) in [6.07, 6.45) is 1.65. The van der Waals surface area contributed by atoms with E-state index < -0.39 is 0 Å². The molecule has 4 aromatic rings. The standard InChI is InChI=1S/C19H20N8OS/c1-12-14(9-10-28-12)16-24-25-19(27(16)13-7-5-4-6-8-13)29-11-15-21-17(20)23-18(22-15)26(2)3/h4-10H,11H2,1-3H3,(H2,20,21,22,23). The average molecular weight is 408 g/mol. The minimum Gasteiger partial charge on any atom is -0.469 e. The van der Waals surface area contributed by atoms with E-state index in [-0.39, 0.29) is 5.95 Å². The molecule has 0 saturated carbocycles. The monoisotopic (exact) mass is 408 g/mol. The summed E-state index contributed by atoms with van der Waals surface area (Å²) in [7, 11) is 3.72. The van der Waals surface area contributed by atoms with Crippen LogP contribution >= 0.6 is 11.8 Å². The van der Waals surface area contributed by atoms with Crippen LogP contribution in [-0.4, -0.2) is 43.8 Å². The summed E-state index contributed by atoms with van der Waals surface area (Å²) in [5.41, 5.74) is 7.68. The van der Waals surface area contributed by atoms with Gasteiger partial charge in [0.2, 0.25) is 11.9 Å². The van der Waals surface area contributed by atoms with Crippen LogP contribution in [0.1, 0.15) is 11.6 Å². The number of nitrogen functional groups attached to an aromatic ring is 1. The molecule has 9 nitrogen and oxygen atoms in total. The molecule has 0 amide bonds. The topological polar surface area (TPSA) is 112 Å². The van der Waals surface area contributed by atoms with Gasteiger partial charge in [-0.1, -0.05) is 30.0 Å². The third kappa shape index (κ3) is 3.92. The molecule has 148 valence electrons. The van der Waals surface area contributed by atoms with Gasteiger partial charge in [-0.3, -0.25) is 4.57 Å². The Bertz CT molecular complexity index is 1120. The molecule has 0 saturated heterocycles. The molecule has 4 rings (SSSR count). The zero-order valence-electron chi connectivity index (χ0n) is 16.3. The molecular weight excluding hydrogens is 388 g/mol. The lowest BCUT2D eigenvalue weighted by molar-refractivity contribution is 0.535. The number of rotatable bonds is 6. The van der Waals surface area contributed by atoms with Gasteiger partial charge in [-0.2, -0.15) is 15.0 Å². The largest absolute Gasteiger partial charge is 0.469 e. The summed E-state index contributed by atoms with van der Waals surface area (Å²) in [6.45, 7) is 1.91. The summed E-state index contributed by atoms with van der Waals surface area (Å²) in [6, 6.07) is 11.8. The zero-order valence-corrected chi connectivity index (χ0v) is 17.1. The Hall–Kier alpha value is -3.40. The summed E-state index contributed by atoms with van der Waals surface area (Å²) >= 11 is 1.48. The SMILES string of the molecule is Cc1occc1-c1nnc(SCc2nc(N)nc(N(C)C)n2)n1-c1ccccc1. The van der Waals surface area contributed by atoms with E-state index >= 15 is 0 Å². The molecule has 0 aliphatic carbocycles. The predicted octanol–water partition coefficient (Wildman–Crippen LogP) is 2.96. The smallest absolute Gasteiger partial charge is 0.229 e. The fourth-order valence-corrected chi connectivity index (χ4v) is 3.59. The van der Waals surface area contributed by atoms with Gasteiger partial charge in [0.1, 0.15) is 11.6 Å². The molecule has 0 fully saturated rings. The Morgan fingerprint density at radius 3 is 2.55 bits per heavy atom. The zero-order chi connectivity index (χ0) is 20.4. The van der Waals surface area contributed by atoms with E-state index in [0.29, 0.717) is 23.4 Å². The van der Waals surface area contributed by atoms with Gasteiger partial charge in [-0.05, 0) is 25.1 Å². The van der Waals surface area contributed by atoms with Crippen molar-refractivity contribution in [1.82, 2.24) is 29.7 Å². The van der Waals surface area contributed by atoms with Gasteiger partial charge in [0.15, 0.2) is 11.0 Å². The maximum absolute atomic E-state index is 5.83. The van der Waals surface area contributed by atoms with E-state index in [4.69, 9.17) is 10.2 Å². The highest BCUT2D eigenvalue weighted by Gasteiger charge is 2.19. The van der Waals surface area contributed by atoms with Crippen LogP contribution in [0.2, 0.25) is 0 Å². The van der Waals surface area contributed by atoms with Crippen molar-refractivity contribution in [3.8, 4) is 17.1 Å². The summed E-state index contributed by atoms with van der Waals surface area (Å²) < 4.78 is 7.46. The highest BCUT2D eigenvalue weighted by Crippen LogP contribution is 2.31. The number of thioether (sulfide) groups is 1. The third-order valence-electron chi connectivity index (χ3n) is 4.17. The van der Waals surface area contributed by atoms with Crippen LogP contribution in [0.3, 0.4) is 0 Å². The van der Waals surface area contributed by atoms with Crippen LogP contribution in [-0.2, 0) is 5.75 Å². The van der Waals surface area contributed by atoms with Gasteiger partial charge >= 0.3 is 0 Å². The Balaban J connectivity index is 1.70. The summed E-state index contributed by atoms with van der Waals surface area (Å²) in [5.74, 6) is 3.27. The highest BCUT2D eigenvalue weighted by atomic mass is 32.2. The number of anilines is 2. The maximum atomic E-state index is 5.83. The maximum Gasteiger partial charge on any atom is 0.229 e. The average Bonchev–Trinajstić information content (AvgIpc) is 3.32. The van der Waals surface area contributed by atoms with Crippen molar-refractivity contribution < 1.29 is 4.42 Å². The molecule has 0 atom stereocenters. The first-order chi connectivity index (χ1) is 14.0. The number of aryl methyl sites for hydroxylation is 1. The van der Waals surface area contributed by atoms with Gasteiger partial charge in [-0.25, -0.2) is 0 Å². The van der Waals surface area contributed by atoms with E-state index in [1.54, 1.807) is 11.2 Å². The number of hydrogen-bond donors (Lipinski definition) is 1. The number of hydrogen-bond acceptors (Lipinski definition) is 9. The first-order valence-electron chi connectivity index (χ1n) is 8.89. The second-order valence-corrected chi connectivity index (χ2v) is 7.40. The van der Waals surface area contributed by atoms with Crippen LogP contribution in [0, 0.1) is 6.92 Å². The van der Waals surface area contributed by atoms with Crippen LogP contribution in [0.25, 0.3) is 17.1 Å². The van der Waals surface area contributed by atoms with Gasteiger partial charge in [-0.15, -0.1) is 10.2 Å². The van der Waals surface area contributed by atoms with Crippen molar-refractivity contribution in [3.05, 3.63) is 54.2 Å². The Labute approximate surface area is 172 Å². The molecule has 29 heavy (non-hydrogen) atoms. The summed E-state index contributed by atoms with van der Waals surface area (Å²) in [5, 5.41) is 9.54. The lowest BCUT2D eigenvalue weighted by atomic mass is 10.2. The number of benzene rings is 1.